The molecule has 2 aromatic carbocycles. The third kappa shape index (κ3) is 8.06. The number of para-hydroxylation sites is 1. The van der Waals surface area contributed by atoms with E-state index in [4.69, 9.17) is 14.2 Å². The molecule has 0 aliphatic heterocycles. The van der Waals surface area contributed by atoms with Crippen LogP contribution in [0.4, 0.5) is 9.59 Å². The topological polar surface area (TPSA) is 145 Å². The van der Waals surface area contributed by atoms with Crippen LogP contribution in [0.3, 0.4) is 0 Å². The van der Waals surface area contributed by atoms with Crippen LogP contribution in [-0.2, 0) is 36.8 Å². The van der Waals surface area contributed by atoms with Crippen molar-refractivity contribution in [3.63, 3.8) is 0 Å². The van der Waals surface area contributed by atoms with Gasteiger partial charge in [-0.25, -0.2) is 14.4 Å². The van der Waals surface area contributed by atoms with Gasteiger partial charge in [0.05, 0.1) is 18.7 Å². The van der Waals surface area contributed by atoms with Crippen molar-refractivity contribution in [3.05, 3.63) is 71.9 Å². The molecule has 11 heteroatoms. The van der Waals surface area contributed by atoms with Crippen LogP contribution in [-0.4, -0.2) is 64.6 Å². The van der Waals surface area contributed by atoms with Crippen LogP contribution in [0, 0.1) is 0 Å². The lowest BCUT2D eigenvalue weighted by atomic mass is 10.0. The quantitative estimate of drug-likeness (QED) is 0.270. The number of aliphatic hydroxyl groups is 1. The second-order valence-corrected chi connectivity index (χ2v) is 10.2. The van der Waals surface area contributed by atoms with E-state index in [1.807, 2.05) is 6.07 Å². The van der Waals surface area contributed by atoms with Crippen molar-refractivity contribution < 1.29 is 38.5 Å². The van der Waals surface area contributed by atoms with Gasteiger partial charge in [-0.05, 0) is 44.9 Å². The minimum Gasteiger partial charge on any atom is -0.467 e. The Balaban J connectivity index is 1.78. The number of aromatic nitrogens is 1. The van der Waals surface area contributed by atoms with E-state index in [0.29, 0.717) is 16.5 Å². The first-order valence-electron chi connectivity index (χ1n) is 12.8. The lowest BCUT2D eigenvalue weighted by Crippen LogP contribution is -2.56. The number of aliphatic hydroxyl groups excluding tert-OH is 1. The van der Waals surface area contributed by atoms with Gasteiger partial charge in [-0.15, -0.1) is 0 Å². The van der Waals surface area contributed by atoms with Gasteiger partial charge in [-0.3, -0.25) is 9.36 Å². The van der Waals surface area contributed by atoms with Crippen LogP contribution in [0.5, 0.6) is 0 Å². The molecule has 0 saturated heterocycles. The Kier molecular flexibility index (Phi) is 9.89. The third-order valence-electron chi connectivity index (χ3n) is 5.86. The third-order valence-corrected chi connectivity index (χ3v) is 5.86. The number of nitrogens with one attached hydrogen (secondary N) is 2. The van der Waals surface area contributed by atoms with Crippen molar-refractivity contribution in [3.8, 4) is 0 Å². The number of benzene rings is 2. The predicted octanol–water partition coefficient (Wildman–Crippen LogP) is 3.30. The van der Waals surface area contributed by atoms with E-state index in [2.05, 4.69) is 10.6 Å². The van der Waals surface area contributed by atoms with E-state index in [-0.39, 0.29) is 13.0 Å². The molecule has 0 radical (unpaired) electrons. The molecule has 3 N–H and O–H groups in total. The van der Waals surface area contributed by atoms with Gasteiger partial charge in [0.15, 0.2) is 0 Å². The maximum Gasteiger partial charge on any atom is 0.419 e. The molecule has 0 bridgehead atoms. The molecular weight excluding hydrogens is 518 g/mol. The summed E-state index contributed by atoms with van der Waals surface area (Å²) in [5, 5.41) is 15.8. The molecule has 11 nitrogen and oxygen atoms in total. The average molecular weight is 554 g/mol. The Morgan fingerprint density at radius 2 is 1.62 bits per heavy atom. The number of nitrogens with zero attached hydrogens (tertiary/aromatic N) is 1. The molecule has 3 rings (SSSR count). The van der Waals surface area contributed by atoms with Crippen molar-refractivity contribution in [1.82, 2.24) is 15.2 Å². The zero-order chi connectivity index (χ0) is 29.4. The lowest BCUT2D eigenvalue weighted by Gasteiger charge is -2.23. The summed E-state index contributed by atoms with van der Waals surface area (Å²) >= 11 is 0. The first kappa shape index (κ1) is 30.2. The van der Waals surface area contributed by atoms with Gasteiger partial charge in [-0.2, -0.15) is 0 Å². The van der Waals surface area contributed by atoms with Crippen LogP contribution in [0.25, 0.3) is 10.9 Å². The molecule has 214 valence electrons. The lowest BCUT2D eigenvalue weighted by molar-refractivity contribution is -0.145. The first-order valence-corrected chi connectivity index (χ1v) is 12.8. The van der Waals surface area contributed by atoms with Crippen LogP contribution in [0.2, 0.25) is 0 Å². The van der Waals surface area contributed by atoms with Crippen molar-refractivity contribution >= 4 is 35.0 Å². The van der Waals surface area contributed by atoms with Crippen LogP contribution < -0.4 is 10.6 Å². The molecule has 0 aliphatic rings. The summed E-state index contributed by atoms with van der Waals surface area (Å²) in [7, 11) is 1.18. The first-order chi connectivity index (χ1) is 18.9. The molecule has 0 aliphatic carbocycles. The Bertz CT molecular complexity index is 1340. The fourth-order valence-electron chi connectivity index (χ4n) is 3.99. The summed E-state index contributed by atoms with van der Waals surface area (Å²) in [4.78, 5) is 51.0. The Hall–Kier alpha value is -4.38. The van der Waals surface area contributed by atoms with Gasteiger partial charge in [0.2, 0.25) is 5.91 Å². The van der Waals surface area contributed by atoms with Crippen molar-refractivity contribution in [1.29, 1.82) is 0 Å². The monoisotopic (exact) mass is 553 g/mol. The van der Waals surface area contributed by atoms with Gasteiger partial charge in [0, 0.05) is 18.0 Å². The highest BCUT2D eigenvalue weighted by Gasteiger charge is 2.32. The van der Waals surface area contributed by atoms with Crippen molar-refractivity contribution in [2.24, 2.45) is 0 Å². The zero-order valence-electron chi connectivity index (χ0n) is 23.2. The zero-order valence-corrected chi connectivity index (χ0v) is 23.2. The number of carbonyl (C=O) groups is 4. The van der Waals surface area contributed by atoms with E-state index >= 15 is 0 Å². The second kappa shape index (κ2) is 13.1. The maximum absolute atomic E-state index is 13.1. The van der Waals surface area contributed by atoms with Gasteiger partial charge in [0.25, 0.3) is 0 Å². The average Bonchev–Trinajstić information content (AvgIpc) is 3.27. The standard InChI is InChI=1S/C29H35N3O8/c1-18(33)24(31-27(36)39-17-19-11-7-6-8-12-19)25(34)30-22(26(35)38-5)15-20-16-32(28(37)40-29(2,3)4)23-14-10-9-13-21(20)23/h6-14,16,18,22,24,33H,15,17H2,1-5H3,(H,30,34)(H,31,36)/t18-,22-,24+/m1/s1. The van der Waals surface area contributed by atoms with Crippen molar-refractivity contribution in [2.45, 2.75) is 64.5 Å². The number of alkyl carbamates (subject to hydrolysis) is 1. The number of esters is 1. The summed E-state index contributed by atoms with van der Waals surface area (Å²) in [6.07, 6.45) is -1.32. The molecular formula is C29H35N3O8. The fourth-order valence-corrected chi connectivity index (χ4v) is 3.99. The second-order valence-electron chi connectivity index (χ2n) is 10.2. The number of methoxy groups -OCH3 is 1. The molecule has 0 unspecified atom stereocenters. The summed E-state index contributed by atoms with van der Waals surface area (Å²) in [6.45, 7) is 6.55. The van der Waals surface area contributed by atoms with E-state index in [1.165, 1.54) is 18.6 Å². The molecule has 1 aromatic heterocycles. The highest BCUT2D eigenvalue weighted by Crippen LogP contribution is 2.24. The molecule has 40 heavy (non-hydrogen) atoms. The van der Waals surface area contributed by atoms with E-state index in [0.717, 1.165) is 5.56 Å². The minimum atomic E-state index is -1.42. The Morgan fingerprint density at radius 1 is 0.975 bits per heavy atom. The van der Waals surface area contributed by atoms with Gasteiger partial charge < -0.3 is 30.0 Å². The number of ether oxygens (including phenoxy) is 3. The van der Waals surface area contributed by atoms with Gasteiger partial charge in [-0.1, -0.05) is 48.5 Å². The number of amides is 2. The molecule has 3 aromatic rings. The SMILES string of the molecule is COC(=O)[C@@H](Cc1cn(C(=O)OC(C)(C)C)c2ccccc12)NC(=O)[C@@H](NC(=O)OCc1ccccc1)[C@@H](C)O. The number of fused-ring (bicyclic) bond motifs is 1. The van der Waals surface area contributed by atoms with E-state index in [1.54, 1.807) is 75.5 Å². The van der Waals surface area contributed by atoms with Crippen LogP contribution in [0.1, 0.15) is 38.8 Å². The van der Waals surface area contributed by atoms with Crippen molar-refractivity contribution in [2.75, 3.05) is 7.11 Å². The van der Waals surface area contributed by atoms with Crippen LogP contribution >= 0.6 is 0 Å². The summed E-state index contributed by atoms with van der Waals surface area (Å²) in [6, 6.07) is 13.4. The molecule has 0 spiro atoms. The predicted molar refractivity (Wildman–Crippen MR) is 146 cm³/mol. The molecule has 0 fully saturated rings. The Morgan fingerprint density at radius 3 is 2.25 bits per heavy atom. The maximum atomic E-state index is 13.1. The highest BCUT2D eigenvalue weighted by atomic mass is 16.6. The number of carbonyl (C=O) groups excluding carboxylic acids is 4. The molecule has 0 saturated carbocycles. The molecule has 3 atom stereocenters. The van der Waals surface area contributed by atoms with Gasteiger partial charge in [0.1, 0.15) is 24.3 Å². The van der Waals surface area contributed by atoms with E-state index in [9.17, 15) is 24.3 Å². The van der Waals surface area contributed by atoms with Crippen LogP contribution in [0.15, 0.2) is 60.8 Å². The van der Waals surface area contributed by atoms with E-state index < -0.39 is 47.9 Å². The molecule has 2 amide bonds. The number of hydrogen-bond donors (Lipinski definition) is 3. The summed E-state index contributed by atoms with van der Waals surface area (Å²) in [5.41, 5.74) is 1.15. The summed E-state index contributed by atoms with van der Waals surface area (Å²) in [5.74, 6) is -1.57. The summed E-state index contributed by atoms with van der Waals surface area (Å²) < 4.78 is 16.9. The largest absolute Gasteiger partial charge is 0.467 e. The van der Waals surface area contributed by atoms with Gasteiger partial charge >= 0.3 is 18.2 Å². The number of hydrogen-bond acceptors (Lipinski definition) is 8. The fraction of sp³-hybridized carbons (Fsp3) is 0.379. The smallest absolute Gasteiger partial charge is 0.419 e. The highest BCUT2D eigenvalue weighted by molar-refractivity contribution is 5.94. The molecule has 1 heterocycles. The minimum absolute atomic E-state index is 0.0344. The normalized spacial score (nSPS) is 13.6. The number of rotatable bonds is 9. The Labute approximate surface area is 232 Å².